The number of alkyl halides is 3. The molecule has 2 unspecified atom stereocenters. The van der Waals surface area contributed by atoms with Gasteiger partial charge in [-0.15, -0.1) is 0 Å². The number of hydrogen-bond donors (Lipinski definition) is 2. The van der Waals surface area contributed by atoms with E-state index in [2.05, 4.69) is 10.9 Å². The second-order valence-electron chi connectivity index (χ2n) is 5.71. The van der Waals surface area contributed by atoms with E-state index in [0.717, 1.165) is 16.7 Å². The summed E-state index contributed by atoms with van der Waals surface area (Å²) in [6, 6.07) is 2.47. The van der Waals surface area contributed by atoms with Gasteiger partial charge in [0.1, 0.15) is 0 Å². The first-order valence-electron chi connectivity index (χ1n) is 7.80. The molecule has 2 aromatic rings. The highest BCUT2D eigenvalue weighted by atomic mass is 31.2. The Bertz CT molecular complexity index is 1080. The molecule has 1 heterocycles. The smallest absolute Gasteiger partial charge is 0.316 e. The molecule has 0 fully saturated rings. The third-order valence-corrected chi connectivity index (χ3v) is 4.74. The molecule has 1 aromatic heterocycles. The van der Waals surface area contributed by atoms with Gasteiger partial charge in [-0.1, -0.05) is 12.8 Å². The molecule has 0 aliphatic heterocycles. The normalized spacial score (nSPS) is 15.0. The number of benzene rings is 1. The van der Waals surface area contributed by atoms with E-state index in [4.69, 9.17) is 4.52 Å². The predicted molar refractivity (Wildman–Crippen MR) is 92.3 cm³/mol. The third-order valence-electron chi connectivity index (χ3n) is 3.66. The number of hydrogen-bond acceptors (Lipinski definition) is 4. The van der Waals surface area contributed by atoms with Gasteiger partial charge in [-0.2, -0.15) is 13.2 Å². The molecule has 1 aromatic carbocycles. The summed E-state index contributed by atoms with van der Waals surface area (Å²) in [5, 5.41) is 0. The maximum absolute atomic E-state index is 12.8. The lowest BCUT2D eigenvalue weighted by Gasteiger charge is -2.12. The minimum absolute atomic E-state index is 0.00230. The summed E-state index contributed by atoms with van der Waals surface area (Å²) in [5.41, 5.74) is -1.38. The molecule has 0 spiro atoms. The van der Waals surface area contributed by atoms with Crippen molar-refractivity contribution in [3.63, 3.8) is 0 Å². The molecule has 2 rings (SSSR count). The highest BCUT2D eigenvalue weighted by molar-refractivity contribution is 7.58. The van der Waals surface area contributed by atoms with Gasteiger partial charge >= 0.3 is 24.9 Å². The number of aromatic nitrogens is 2. The van der Waals surface area contributed by atoms with Crippen LogP contribution in [0.2, 0.25) is 0 Å². The van der Waals surface area contributed by atoms with Gasteiger partial charge in [-0.3, -0.25) is 18.7 Å². The van der Waals surface area contributed by atoms with Gasteiger partial charge in [-0.25, -0.2) is 4.57 Å². The molecule has 7 nitrogen and oxygen atoms in total. The Morgan fingerprint density at radius 3 is 2.63 bits per heavy atom. The molecule has 0 saturated heterocycles. The molecule has 146 valence electrons. The van der Waals surface area contributed by atoms with Crippen LogP contribution in [0.5, 0.6) is 0 Å². The number of nitrogens with zero attached hydrogens (tertiary/aromatic N) is 1. The van der Waals surface area contributed by atoms with E-state index in [-0.39, 0.29) is 11.0 Å². The van der Waals surface area contributed by atoms with Crippen LogP contribution in [0.3, 0.4) is 0 Å². The molecule has 27 heavy (non-hydrogen) atoms. The van der Waals surface area contributed by atoms with Crippen molar-refractivity contribution in [1.29, 1.82) is 0 Å². The molecule has 0 aliphatic carbocycles. The van der Waals surface area contributed by atoms with Crippen molar-refractivity contribution >= 4 is 18.6 Å². The molecular weight excluding hydrogens is 388 g/mol. The lowest BCUT2D eigenvalue weighted by molar-refractivity contribution is -0.137. The van der Waals surface area contributed by atoms with Crippen LogP contribution >= 0.6 is 7.60 Å². The van der Waals surface area contributed by atoms with E-state index in [9.17, 15) is 32.2 Å². The van der Waals surface area contributed by atoms with Crippen LogP contribution in [0.15, 0.2) is 27.8 Å². The van der Waals surface area contributed by atoms with Gasteiger partial charge in [0.25, 0.3) is 0 Å². The van der Waals surface area contributed by atoms with E-state index >= 15 is 0 Å². The number of fused-ring (bicyclic) bond motifs is 1. The van der Waals surface area contributed by atoms with Crippen LogP contribution in [-0.4, -0.2) is 20.5 Å². The molecule has 0 amide bonds. The Morgan fingerprint density at radius 2 is 2.04 bits per heavy atom. The molecular formula is C16H16F3N2O5P. The predicted octanol–water partition coefficient (Wildman–Crippen LogP) is 2.67. The second-order valence-corrected chi connectivity index (χ2v) is 7.18. The minimum atomic E-state index is -4.62. The van der Waals surface area contributed by atoms with E-state index in [0.29, 0.717) is 12.5 Å². The number of nitrogens with one attached hydrogen (secondary N) is 1. The summed E-state index contributed by atoms with van der Waals surface area (Å²) in [4.78, 5) is 35.4. The Balaban J connectivity index is 2.46. The average Bonchev–Trinajstić information content (AvgIpc) is 2.56. The average molecular weight is 404 g/mol. The Hall–Kier alpha value is -2.34. The highest BCUT2D eigenvalue weighted by Crippen LogP contribution is 2.42. The van der Waals surface area contributed by atoms with E-state index in [1.165, 1.54) is 0 Å². The first kappa shape index (κ1) is 21.0. The summed E-state index contributed by atoms with van der Waals surface area (Å²) in [5.74, 6) is 2.28. The number of aromatic amines is 1. The van der Waals surface area contributed by atoms with Crippen LogP contribution < -0.4 is 11.1 Å². The number of halogens is 3. The summed E-state index contributed by atoms with van der Waals surface area (Å²) in [7, 11) is -4.23. The molecule has 0 saturated carbocycles. The zero-order chi connectivity index (χ0) is 20.4. The first-order valence-corrected chi connectivity index (χ1v) is 9.37. The molecule has 0 bridgehead atoms. The minimum Gasteiger partial charge on any atom is -0.316 e. The highest BCUT2D eigenvalue weighted by Gasteiger charge is 2.30. The Kier molecular flexibility index (Phi) is 6.00. The van der Waals surface area contributed by atoms with Crippen LogP contribution in [0.25, 0.3) is 11.0 Å². The first-order chi connectivity index (χ1) is 12.4. The van der Waals surface area contributed by atoms with Crippen molar-refractivity contribution in [3.05, 3.63) is 44.5 Å². The SMILES string of the molecule is CCC(C)OP(=O)(O)C#CCn1c(=O)c(=O)[nH]c2cc(C(F)(F)F)ccc21. The van der Waals surface area contributed by atoms with Gasteiger partial charge in [0.15, 0.2) is 0 Å². The summed E-state index contributed by atoms with van der Waals surface area (Å²) >= 11 is 0. The maximum Gasteiger partial charge on any atom is 0.416 e. The lowest BCUT2D eigenvalue weighted by Crippen LogP contribution is -2.36. The number of rotatable bonds is 4. The topological polar surface area (TPSA) is 101 Å². The molecule has 0 radical (unpaired) electrons. The quantitative estimate of drug-likeness (QED) is 0.464. The molecule has 0 aliphatic rings. The van der Waals surface area contributed by atoms with Crippen LogP contribution in [0, 0.1) is 11.6 Å². The van der Waals surface area contributed by atoms with Crippen molar-refractivity contribution in [2.75, 3.05) is 0 Å². The van der Waals surface area contributed by atoms with E-state index < -0.39 is 43.1 Å². The molecule has 11 heteroatoms. The standard InChI is InChI=1S/C16H16F3N2O5P/c1-3-10(2)26-27(24,25)8-4-7-21-13-6-5-11(16(17,18)19)9-12(13)20-14(22)15(21)23/h5-6,9-10H,3,7H2,1-2H3,(H,20,22)(H,24,25). The van der Waals surface area contributed by atoms with E-state index in [1.54, 1.807) is 13.8 Å². The van der Waals surface area contributed by atoms with Gasteiger partial charge < -0.3 is 9.88 Å². The van der Waals surface area contributed by atoms with Gasteiger partial charge in [0.2, 0.25) is 0 Å². The third kappa shape index (κ3) is 5.10. The summed E-state index contributed by atoms with van der Waals surface area (Å²) in [6.07, 6.45) is -4.66. The number of H-pyrrole nitrogens is 1. The van der Waals surface area contributed by atoms with Crippen LogP contribution in [0.1, 0.15) is 25.8 Å². The van der Waals surface area contributed by atoms with Crippen molar-refractivity contribution in [2.24, 2.45) is 0 Å². The summed E-state index contributed by atoms with van der Waals surface area (Å²) in [6.45, 7) is 2.85. The Morgan fingerprint density at radius 1 is 1.37 bits per heavy atom. The fraction of sp³-hybridized carbons (Fsp3) is 0.375. The zero-order valence-electron chi connectivity index (χ0n) is 14.3. The zero-order valence-corrected chi connectivity index (χ0v) is 15.2. The maximum atomic E-state index is 12.8. The van der Waals surface area contributed by atoms with Crippen molar-refractivity contribution in [2.45, 2.75) is 39.1 Å². The van der Waals surface area contributed by atoms with Crippen molar-refractivity contribution < 1.29 is 27.2 Å². The Labute approximate surface area is 151 Å². The lowest BCUT2D eigenvalue weighted by atomic mass is 10.2. The van der Waals surface area contributed by atoms with Crippen molar-refractivity contribution in [3.8, 4) is 11.6 Å². The van der Waals surface area contributed by atoms with Gasteiger partial charge in [0.05, 0.1) is 29.2 Å². The van der Waals surface area contributed by atoms with Crippen molar-refractivity contribution in [1.82, 2.24) is 9.55 Å². The van der Waals surface area contributed by atoms with Gasteiger partial charge in [0, 0.05) is 5.66 Å². The largest absolute Gasteiger partial charge is 0.416 e. The molecule has 2 N–H and O–H groups in total. The van der Waals surface area contributed by atoms with Crippen LogP contribution in [-0.2, 0) is 21.8 Å². The van der Waals surface area contributed by atoms with Gasteiger partial charge in [-0.05, 0) is 31.5 Å². The monoisotopic (exact) mass is 404 g/mol. The van der Waals surface area contributed by atoms with Crippen LogP contribution in [0.4, 0.5) is 13.2 Å². The molecule has 2 atom stereocenters. The fourth-order valence-corrected chi connectivity index (χ4v) is 3.13. The van der Waals surface area contributed by atoms with E-state index in [1.807, 2.05) is 5.66 Å². The second kappa shape index (κ2) is 7.72. The summed E-state index contributed by atoms with van der Waals surface area (Å²) < 4.78 is 55.9. The fourth-order valence-electron chi connectivity index (χ4n) is 2.17.